The van der Waals surface area contributed by atoms with Gasteiger partial charge in [-0.25, -0.2) is 0 Å². The normalized spacial score (nSPS) is 24.2. The fourth-order valence-electron chi connectivity index (χ4n) is 10.7. The lowest BCUT2D eigenvalue weighted by Crippen LogP contribution is -2.38. The van der Waals surface area contributed by atoms with Crippen molar-refractivity contribution in [3.63, 3.8) is 0 Å². The SMILES string of the molecule is COc1cc([C@@H]2CC(=O)C[C@H](OC(C)=O)CC[C@@]3(C=CC=C[C@@H]3C)Cc3c[nH]cc3CC3(CCCCC3)C3=CCNC(=C3)N(CCC(C)=O)c3cccc4cn2cc34)ccc1O. The van der Waals surface area contributed by atoms with Crippen molar-refractivity contribution in [1.29, 1.82) is 0 Å². The van der Waals surface area contributed by atoms with Crippen LogP contribution in [0.15, 0.2) is 109 Å². The van der Waals surface area contributed by atoms with Gasteiger partial charge < -0.3 is 34.3 Å². The highest BCUT2D eigenvalue weighted by atomic mass is 16.5. The number of rotatable bonds is 6. The molecular weight excluding hydrogens is 777 g/mol. The summed E-state index contributed by atoms with van der Waals surface area (Å²) >= 11 is 0. The molecule has 4 heterocycles. The minimum Gasteiger partial charge on any atom is -0.504 e. The summed E-state index contributed by atoms with van der Waals surface area (Å²) in [5, 5.41) is 16.3. The second-order valence-corrected chi connectivity index (χ2v) is 18.3. The summed E-state index contributed by atoms with van der Waals surface area (Å²) in [6.45, 7) is 6.52. The first-order valence-corrected chi connectivity index (χ1v) is 22.6. The number of anilines is 1. The third-order valence-electron chi connectivity index (χ3n) is 14.2. The lowest BCUT2D eigenvalue weighted by atomic mass is 9.63. The van der Waals surface area contributed by atoms with Gasteiger partial charge in [-0.05, 0) is 109 Å². The lowest BCUT2D eigenvalue weighted by Gasteiger charge is -2.42. The van der Waals surface area contributed by atoms with E-state index in [-0.39, 0.29) is 46.9 Å². The second-order valence-electron chi connectivity index (χ2n) is 18.3. The molecule has 2 spiro atoms. The number of hydrogen-bond acceptors (Lipinski definition) is 8. The molecule has 10 nitrogen and oxygen atoms in total. The number of allylic oxidation sites excluding steroid dienone is 6. The van der Waals surface area contributed by atoms with E-state index in [0.29, 0.717) is 31.7 Å². The Balaban J connectivity index is 1.29. The molecule has 4 aliphatic rings. The smallest absolute Gasteiger partial charge is 0.302 e. The van der Waals surface area contributed by atoms with Crippen molar-refractivity contribution in [2.45, 2.75) is 110 Å². The van der Waals surface area contributed by atoms with E-state index < -0.39 is 18.1 Å². The predicted octanol–water partition coefficient (Wildman–Crippen LogP) is 9.99. The summed E-state index contributed by atoms with van der Waals surface area (Å²) in [5.74, 6) is 1.21. The van der Waals surface area contributed by atoms with Crippen molar-refractivity contribution in [3.05, 3.63) is 126 Å². The first kappa shape index (κ1) is 42.9. The summed E-state index contributed by atoms with van der Waals surface area (Å²) in [4.78, 5) is 45.6. The number of phenols is 1. The van der Waals surface area contributed by atoms with Crippen LogP contribution in [0.3, 0.4) is 0 Å². The van der Waals surface area contributed by atoms with Crippen LogP contribution in [0.5, 0.6) is 11.5 Å². The third kappa shape index (κ3) is 9.06. The number of methoxy groups -OCH3 is 1. The zero-order chi connectivity index (χ0) is 43.4. The van der Waals surface area contributed by atoms with Gasteiger partial charge >= 0.3 is 5.97 Å². The van der Waals surface area contributed by atoms with Gasteiger partial charge in [-0.15, -0.1) is 0 Å². The minimum absolute atomic E-state index is 0.0134. The monoisotopic (exact) mass is 838 g/mol. The van der Waals surface area contributed by atoms with Crippen LogP contribution in [0.25, 0.3) is 10.8 Å². The number of fused-ring (bicyclic) bond motifs is 4. The fraction of sp³-hybridized carbons (Fsp3) is 0.442. The largest absolute Gasteiger partial charge is 0.504 e. The first-order valence-electron chi connectivity index (χ1n) is 22.6. The summed E-state index contributed by atoms with van der Waals surface area (Å²) in [7, 11) is 1.52. The third-order valence-corrected chi connectivity index (χ3v) is 14.2. The molecule has 4 atom stereocenters. The van der Waals surface area contributed by atoms with E-state index in [0.717, 1.165) is 59.9 Å². The molecule has 2 aromatic heterocycles. The van der Waals surface area contributed by atoms with Crippen LogP contribution >= 0.6 is 0 Å². The molecule has 2 aliphatic carbocycles. The Morgan fingerprint density at radius 3 is 2.53 bits per heavy atom. The van der Waals surface area contributed by atoms with Crippen molar-refractivity contribution in [2.75, 3.05) is 25.1 Å². The number of benzene rings is 2. The number of hydrogen-bond donors (Lipinski definition) is 3. The molecule has 2 aliphatic heterocycles. The number of aromatic amines is 1. The van der Waals surface area contributed by atoms with Gasteiger partial charge in [0.15, 0.2) is 11.5 Å². The lowest BCUT2D eigenvalue weighted by molar-refractivity contribution is -0.148. The van der Waals surface area contributed by atoms with E-state index in [1.807, 2.05) is 6.07 Å². The van der Waals surface area contributed by atoms with Crippen LogP contribution in [0.1, 0.15) is 108 Å². The highest BCUT2D eigenvalue weighted by Gasteiger charge is 2.40. The molecule has 0 amide bonds. The summed E-state index contributed by atoms with van der Waals surface area (Å²) in [6, 6.07) is 11.0. The van der Waals surface area contributed by atoms with Crippen LogP contribution < -0.4 is 15.0 Å². The highest BCUT2D eigenvalue weighted by Crippen LogP contribution is 2.49. The number of dihydropyridines is 1. The highest BCUT2D eigenvalue weighted by molar-refractivity contribution is 5.95. The van der Waals surface area contributed by atoms with Crippen molar-refractivity contribution in [3.8, 4) is 11.5 Å². The number of carbonyl (C=O) groups excluding carboxylic acids is 3. The maximum absolute atomic E-state index is 14.5. The van der Waals surface area contributed by atoms with Crippen LogP contribution in [-0.2, 0) is 32.0 Å². The Morgan fingerprint density at radius 1 is 0.968 bits per heavy atom. The van der Waals surface area contributed by atoms with Gasteiger partial charge in [-0.2, -0.15) is 0 Å². The number of esters is 1. The number of H-pyrrole nitrogens is 1. The number of nitrogens with one attached hydrogen (secondary N) is 2. The van der Waals surface area contributed by atoms with Crippen LogP contribution in [0.2, 0.25) is 0 Å². The predicted molar refractivity (Wildman–Crippen MR) is 244 cm³/mol. The van der Waals surface area contributed by atoms with E-state index in [2.05, 4.69) is 106 Å². The van der Waals surface area contributed by atoms with E-state index >= 15 is 0 Å². The van der Waals surface area contributed by atoms with Gasteiger partial charge in [0.1, 0.15) is 23.5 Å². The number of ether oxygens (including phenoxy) is 2. The molecule has 4 aromatic rings. The van der Waals surface area contributed by atoms with Crippen LogP contribution in [0, 0.1) is 16.7 Å². The second kappa shape index (κ2) is 18.3. The molecule has 8 rings (SSSR count). The molecule has 10 heteroatoms. The number of aromatic hydroxyl groups is 1. The van der Waals surface area contributed by atoms with Gasteiger partial charge in [0.2, 0.25) is 0 Å². The number of carbonyl (C=O) groups is 3. The Bertz CT molecular complexity index is 2430. The molecule has 2 aromatic carbocycles. The minimum atomic E-state index is -0.597. The topological polar surface area (TPSA) is 126 Å². The Morgan fingerprint density at radius 2 is 1.77 bits per heavy atom. The first-order chi connectivity index (χ1) is 30.0. The zero-order valence-corrected chi connectivity index (χ0v) is 36.8. The van der Waals surface area contributed by atoms with Gasteiger partial charge in [0.25, 0.3) is 0 Å². The summed E-state index contributed by atoms with van der Waals surface area (Å²) in [5.41, 5.74) is 5.46. The van der Waals surface area contributed by atoms with Crippen LogP contribution in [0.4, 0.5) is 5.69 Å². The van der Waals surface area contributed by atoms with Crippen molar-refractivity contribution < 1.29 is 29.0 Å². The van der Waals surface area contributed by atoms with Gasteiger partial charge in [-0.1, -0.05) is 74.8 Å². The Kier molecular flexibility index (Phi) is 12.7. The Hall–Kier alpha value is -5.77. The van der Waals surface area contributed by atoms with E-state index in [9.17, 15) is 19.5 Å². The van der Waals surface area contributed by atoms with E-state index in [4.69, 9.17) is 9.47 Å². The molecule has 1 saturated carbocycles. The van der Waals surface area contributed by atoms with Crippen molar-refractivity contribution >= 4 is 34.0 Å². The zero-order valence-electron chi connectivity index (χ0n) is 36.8. The molecule has 62 heavy (non-hydrogen) atoms. The van der Waals surface area contributed by atoms with Gasteiger partial charge in [0, 0.05) is 74.8 Å². The summed E-state index contributed by atoms with van der Waals surface area (Å²) in [6.07, 6.45) is 31.0. The average molecular weight is 839 g/mol. The maximum Gasteiger partial charge on any atom is 0.302 e. The number of ketones is 2. The standard InChI is InChI=1S/C52H62N4O6/c1-35-11-6-9-19-51(35)22-16-44(62-37(3)58)27-43(59)28-47(38-14-15-48(60)49(25-38)61-4)55-33-39-12-10-13-46(45(39)34-55)56(24-18-36(2)57)50-26-42(17-23-54-50)52(20-7-5-8-21-52)30-41-32-53-31-40(41)29-51/h6,9-15,17,19,25-26,31-35,44,47,53-54,60H,5,7-8,16,18,20-24,27-30H2,1-4H3/t35-,44+,47-,51-/m0/s1. The van der Waals surface area contributed by atoms with E-state index in [1.54, 1.807) is 19.1 Å². The molecule has 326 valence electrons. The molecule has 0 unspecified atom stereocenters. The fourth-order valence-corrected chi connectivity index (χ4v) is 10.7. The Labute approximate surface area is 365 Å². The number of nitrogens with zero attached hydrogens (tertiary/aromatic N) is 2. The van der Waals surface area contributed by atoms with Gasteiger partial charge in [0.05, 0.1) is 18.8 Å². The number of aromatic nitrogens is 2. The number of Topliss-reactive ketones (excluding diaryl/α,β-unsaturated/α-hetero) is 2. The average Bonchev–Trinajstić information content (AvgIpc) is 3.90. The maximum atomic E-state index is 14.5. The van der Waals surface area contributed by atoms with E-state index in [1.165, 1.54) is 50.0 Å². The molecule has 4 bridgehead atoms. The van der Waals surface area contributed by atoms with Crippen LogP contribution in [-0.4, -0.2) is 58.5 Å². The quantitative estimate of drug-likeness (QED) is 0.164. The van der Waals surface area contributed by atoms with Gasteiger partial charge in [-0.3, -0.25) is 14.4 Å². The van der Waals surface area contributed by atoms with Crippen molar-refractivity contribution in [1.82, 2.24) is 14.9 Å². The number of phenolic OH excluding ortho intramolecular Hbond substituents is 1. The molecule has 0 radical (unpaired) electrons. The molecular formula is C52H62N4O6. The molecule has 1 fully saturated rings. The summed E-state index contributed by atoms with van der Waals surface area (Å²) < 4.78 is 13.6. The molecule has 3 N–H and O–H groups in total. The molecule has 0 saturated heterocycles. The van der Waals surface area contributed by atoms with Crippen molar-refractivity contribution in [2.24, 2.45) is 16.7 Å².